The number of aromatic hydroxyl groups is 2. The van der Waals surface area contributed by atoms with Crippen molar-refractivity contribution in [3.8, 4) is 11.5 Å². The molecule has 6 nitrogen and oxygen atoms in total. The molecule has 0 fully saturated rings. The maximum Gasteiger partial charge on any atom is 0.182 e. The van der Waals surface area contributed by atoms with Crippen LogP contribution in [0.5, 0.6) is 11.5 Å². The molecule has 3 aromatic rings. The topological polar surface area (TPSA) is 109 Å². The smallest absolute Gasteiger partial charge is 0.182 e. The predicted molar refractivity (Wildman–Crippen MR) is 104 cm³/mol. The Bertz CT molecular complexity index is 1270. The fraction of sp³-hybridized carbons (Fsp3) is 0.100. The molecule has 2 N–H and O–H groups in total. The summed E-state index contributed by atoms with van der Waals surface area (Å²) in [5.41, 5.74) is -0.267. The molecule has 0 aromatic heterocycles. The summed E-state index contributed by atoms with van der Waals surface area (Å²) in [6.07, 6.45) is 0. The highest BCUT2D eigenvalue weighted by molar-refractivity contribution is 7.91. The molecule has 0 spiro atoms. The van der Waals surface area contributed by atoms with E-state index in [1.807, 2.05) is 0 Å². The van der Waals surface area contributed by atoms with Gasteiger partial charge in [0, 0.05) is 5.56 Å². The molecular formula is C20H17FO6S2. The normalized spacial score (nSPS) is 12.0. The average molecular weight is 436 g/mol. The van der Waals surface area contributed by atoms with Crippen LogP contribution in [0.1, 0.15) is 11.1 Å². The molecule has 0 saturated heterocycles. The van der Waals surface area contributed by atoms with Gasteiger partial charge in [-0.1, -0.05) is 24.3 Å². The molecule has 3 rings (SSSR count). The molecule has 29 heavy (non-hydrogen) atoms. The molecule has 9 heteroatoms. The highest BCUT2D eigenvalue weighted by atomic mass is 32.2. The Kier molecular flexibility index (Phi) is 5.63. The van der Waals surface area contributed by atoms with Crippen molar-refractivity contribution in [3.63, 3.8) is 0 Å². The average Bonchev–Trinajstić information content (AvgIpc) is 2.64. The van der Waals surface area contributed by atoms with Gasteiger partial charge in [-0.25, -0.2) is 21.2 Å². The van der Waals surface area contributed by atoms with Gasteiger partial charge in [0.2, 0.25) is 0 Å². The van der Waals surface area contributed by atoms with Gasteiger partial charge < -0.3 is 10.2 Å². The third-order valence-corrected chi connectivity index (χ3v) is 7.55. The fourth-order valence-electron chi connectivity index (χ4n) is 2.82. The SMILES string of the molecule is O=S(=O)(Cc1cccc(F)c1CS(=O)(=O)c1cccc(O)c1)c1cccc(O)c1. The molecule has 0 amide bonds. The van der Waals surface area contributed by atoms with Gasteiger partial charge in [0.25, 0.3) is 0 Å². The van der Waals surface area contributed by atoms with Crippen molar-refractivity contribution in [1.29, 1.82) is 0 Å². The van der Waals surface area contributed by atoms with Gasteiger partial charge >= 0.3 is 0 Å². The Balaban J connectivity index is 2.00. The lowest BCUT2D eigenvalue weighted by Crippen LogP contribution is -2.12. The number of sulfone groups is 2. The van der Waals surface area contributed by atoms with E-state index in [2.05, 4.69) is 0 Å². The molecule has 0 bridgehead atoms. The van der Waals surface area contributed by atoms with E-state index in [0.29, 0.717) is 0 Å². The third kappa shape index (κ3) is 4.75. The number of hydrogen-bond donors (Lipinski definition) is 2. The molecular weight excluding hydrogens is 419 g/mol. The Hall–Kier alpha value is -2.91. The summed E-state index contributed by atoms with van der Waals surface area (Å²) in [6.45, 7) is 0. The van der Waals surface area contributed by atoms with Gasteiger partial charge in [-0.15, -0.1) is 0 Å². The Morgan fingerprint density at radius 1 is 0.690 bits per heavy atom. The second-order valence-corrected chi connectivity index (χ2v) is 10.4. The maximum atomic E-state index is 14.5. The fourth-order valence-corrected chi connectivity index (χ4v) is 5.70. The Labute approximate surface area is 167 Å². The van der Waals surface area contributed by atoms with Crippen molar-refractivity contribution >= 4 is 19.7 Å². The monoisotopic (exact) mass is 436 g/mol. The van der Waals surface area contributed by atoms with Gasteiger partial charge in [0.15, 0.2) is 19.7 Å². The first-order valence-corrected chi connectivity index (χ1v) is 11.7. The van der Waals surface area contributed by atoms with E-state index in [-0.39, 0.29) is 32.4 Å². The quantitative estimate of drug-likeness (QED) is 0.614. The lowest BCUT2D eigenvalue weighted by molar-refractivity contribution is 0.472. The van der Waals surface area contributed by atoms with Crippen LogP contribution in [0.3, 0.4) is 0 Å². The van der Waals surface area contributed by atoms with Crippen LogP contribution in [0.25, 0.3) is 0 Å². The first kappa shape index (κ1) is 20.8. The molecule has 0 aliphatic rings. The van der Waals surface area contributed by atoms with Crippen molar-refractivity contribution in [2.45, 2.75) is 21.3 Å². The molecule has 0 aliphatic carbocycles. The standard InChI is InChI=1S/C20H17FO6S2/c21-20-9-1-4-14(12-28(24,25)17-7-2-5-15(22)10-17)19(20)13-29(26,27)18-8-3-6-16(23)11-18/h1-11,22-23H,12-13H2. The van der Waals surface area contributed by atoms with E-state index < -0.39 is 37.0 Å². The zero-order valence-corrected chi connectivity index (χ0v) is 16.6. The summed E-state index contributed by atoms with van der Waals surface area (Å²) in [5.74, 6) is -2.76. The second-order valence-electron chi connectivity index (χ2n) is 6.39. The zero-order valence-electron chi connectivity index (χ0n) is 15.0. The molecule has 0 saturated carbocycles. The van der Waals surface area contributed by atoms with Crippen LogP contribution in [-0.2, 0) is 31.2 Å². The molecule has 0 unspecified atom stereocenters. The summed E-state index contributed by atoms with van der Waals surface area (Å²) in [6, 6.07) is 13.7. The summed E-state index contributed by atoms with van der Waals surface area (Å²) < 4.78 is 65.2. The van der Waals surface area contributed by atoms with Crippen LogP contribution < -0.4 is 0 Å². The van der Waals surface area contributed by atoms with Crippen LogP contribution >= 0.6 is 0 Å². The van der Waals surface area contributed by atoms with Gasteiger partial charge in [-0.05, 0) is 48.0 Å². The maximum absolute atomic E-state index is 14.5. The van der Waals surface area contributed by atoms with E-state index in [4.69, 9.17) is 0 Å². The minimum Gasteiger partial charge on any atom is -0.508 e. The predicted octanol–water partition coefficient (Wildman–Crippen LogP) is 3.18. The minimum atomic E-state index is -4.04. The minimum absolute atomic E-state index is 0.00271. The van der Waals surface area contributed by atoms with Gasteiger partial charge in [0.05, 0.1) is 21.3 Å². The number of rotatable bonds is 6. The van der Waals surface area contributed by atoms with E-state index in [0.717, 1.165) is 18.2 Å². The second kappa shape index (κ2) is 7.84. The van der Waals surface area contributed by atoms with Gasteiger partial charge in [0.1, 0.15) is 17.3 Å². The van der Waals surface area contributed by atoms with Crippen molar-refractivity contribution in [2.24, 2.45) is 0 Å². The van der Waals surface area contributed by atoms with Gasteiger partial charge in [-0.2, -0.15) is 0 Å². The molecule has 0 radical (unpaired) electrons. The van der Waals surface area contributed by atoms with Crippen molar-refractivity contribution in [2.75, 3.05) is 0 Å². The highest BCUT2D eigenvalue weighted by Crippen LogP contribution is 2.27. The van der Waals surface area contributed by atoms with Crippen molar-refractivity contribution in [1.82, 2.24) is 0 Å². The van der Waals surface area contributed by atoms with Crippen LogP contribution in [0.4, 0.5) is 4.39 Å². The van der Waals surface area contributed by atoms with Crippen LogP contribution in [0.15, 0.2) is 76.5 Å². The largest absolute Gasteiger partial charge is 0.508 e. The molecule has 0 aliphatic heterocycles. The van der Waals surface area contributed by atoms with Crippen LogP contribution in [-0.4, -0.2) is 27.0 Å². The third-order valence-electron chi connectivity index (χ3n) is 4.25. The molecule has 0 atom stereocenters. The number of halogens is 1. The van der Waals surface area contributed by atoms with E-state index in [1.165, 1.54) is 48.5 Å². The summed E-state index contributed by atoms with van der Waals surface area (Å²) >= 11 is 0. The zero-order chi connectivity index (χ0) is 21.2. The van der Waals surface area contributed by atoms with Crippen molar-refractivity contribution in [3.05, 3.63) is 83.7 Å². The Morgan fingerprint density at radius 2 is 1.17 bits per heavy atom. The summed E-state index contributed by atoms with van der Waals surface area (Å²) in [7, 11) is -8.01. The van der Waals surface area contributed by atoms with Crippen LogP contribution in [0.2, 0.25) is 0 Å². The molecule has 0 heterocycles. The first-order chi connectivity index (χ1) is 13.6. The van der Waals surface area contributed by atoms with Crippen molar-refractivity contribution < 1.29 is 31.4 Å². The van der Waals surface area contributed by atoms with Gasteiger partial charge in [-0.3, -0.25) is 0 Å². The first-order valence-electron chi connectivity index (χ1n) is 8.38. The molecule has 152 valence electrons. The highest BCUT2D eigenvalue weighted by Gasteiger charge is 2.24. The summed E-state index contributed by atoms with van der Waals surface area (Å²) in [4.78, 5) is -0.369. The lowest BCUT2D eigenvalue weighted by atomic mass is 10.1. The van der Waals surface area contributed by atoms with Crippen LogP contribution in [0, 0.1) is 5.82 Å². The van der Waals surface area contributed by atoms with E-state index >= 15 is 0 Å². The lowest BCUT2D eigenvalue weighted by Gasteiger charge is -2.12. The van der Waals surface area contributed by atoms with E-state index in [9.17, 15) is 31.4 Å². The number of benzene rings is 3. The number of phenolic OH excluding ortho intramolecular Hbond substituents is 2. The molecule has 3 aromatic carbocycles. The summed E-state index contributed by atoms with van der Waals surface area (Å²) in [5, 5.41) is 19.0. The Morgan fingerprint density at radius 3 is 1.69 bits per heavy atom. The number of hydrogen-bond acceptors (Lipinski definition) is 6. The van der Waals surface area contributed by atoms with E-state index in [1.54, 1.807) is 0 Å². The number of phenols is 2.